The van der Waals surface area contributed by atoms with Crippen LogP contribution in [-0.2, 0) is 9.53 Å². The second-order valence-corrected chi connectivity index (χ2v) is 6.03. The monoisotopic (exact) mass is 391 g/mol. The predicted molar refractivity (Wildman–Crippen MR) is 102 cm³/mol. The van der Waals surface area contributed by atoms with E-state index in [9.17, 15) is 9.59 Å². The number of carbonyl (C=O) groups excluding carboxylic acids is 2. The minimum Gasteiger partial charge on any atom is -0.493 e. The molecule has 0 saturated carbocycles. The average molecular weight is 392 g/mol. The summed E-state index contributed by atoms with van der Waals surface area (Å²) in [5, 5.41) is 3.31. The number of esters is 1. The molecule has 0 heterocycles. The number of hydrogen-bond donors (Lipinski definition) is 1. The van der Waals surface area contributed by atoms with Gasteiger partial charge in [0.2, 0.25) is 0 Å². The summed E-state index contributed by atoms with van der Waals surface area (Å²) in [7, 11) is 3.01. The summed E-state index contributed by atoms with van der Waals surface area (Å²) in [6.45, 7) is 1.99. The van der Waals surface area contributed by atoms with E-state index < -0.39 is 12.0 Å². The maximum Gasteiger partial charge on any atom is 0.308 e. The van der Waals surface area contributed by atoms with Crippen molar-refractivity contribution in [3.8, 4) is 11.5 Å². The van der Waals surface area contributed by atoms with Crippen molar-refractivity contribution in [3.05, 3.63) is 58.6 Å². The zero-order chi connectivity index (χ0) is 19.8. The molecule has 0 fully saturated rings. The van der Waals surface area contributed by atoms with Gasteiger partial charge in [-0.3, -0.25) is 9.59 Å². The third-order valence-corrected chi connectivity index (χ3v) is 4.25. The molecule has 1 amide bonds. The molecule has 0 aliphatic rings. The third kappa shape index (κ3) is 5.37. The van der Waals surface area contributed by atoms with Gasteiger partial charge < -0.3 is 19.5 Å². The second kappa shape index (κ2) is 9.83. The van der Waals surface area contributed by atoms with Gasteiger partial charge in [-0.15, -0.1) is 0 Å². The number of rotatable bonds is 8. The largest absolute Gasteiger partial charge is 0.493 e. The van der Waals surface area contributed by atoms with Crippen molar-refractivity contribution in [2.24, 2.45) is 0 Å². The first-order valence-electron chi connectivity index (χ1n) is 8.43. The Morgan fingerprint density at radius 2 is 1.78 bits per heavy atom. The van der Waals surface area contributed by atoms with Crippen LogP contribution < -0.4 is 14.8 Å². The summed E-state index contributed by atoms with van der Waals surface area (Å²) in [5.41, 5.74) is 1.01. The van der Waals surface area contributed by atoms with Crippen molar-refractivity contribution >= 4 is 23.5 Å². The van der Waals surface area contributed by atoms with Crippen molar-refractivity contribution in [3.63, 3.8) is 0 Å². The predicted octanol–water partition coefficient (Wildman–Crippen LogP) is 3.78. The Morgan fingerprint density at radius 1 is 1.07 bits per heavy atom. The highest BCUT2D eigenvalue weighted by molar-refractivity contribution is 6.31. The normalized spacial score (nSPS) is 11.4. The van der Waals surface area contributed by atoms with Gasteiger partial charge in [0, 0.05) is 10.6 Å². The molecule has 0 spiro atoms. The van der Waals surface area contributed by atoms with Gasteiger partial charge in [0.25, 0.3) is 5.91 Å². The number of benzene rings is 2. The van der Waals surface area contributed by atoms with Gasteiger partial charge in [-0.2, -0.15) is 0 Å². The van der Waals surface area contributed by atoms with Crippen LogP contribution in [0.3, 0.4) is 0 Å². The quantitative estimate of drug-likeness (QED) is 0.693. The minimum absolute atomic E-state index is 0.0311. The van der Waals surface area contributed by atoms with Crippen LogP contribution >= 0.6 is 11.6 Å². The highest BCUT2D eigenvalue weighted by atomic mass is 35.5. The Balaban J connectivity index is 2.27. The molecule has 0 aliphatic carbocycles. The molecule has 6 nitrogen and oxygen atoms in total. The zero-order valence-electron chi connectivity index (χ0n) is 15.5. The van der Waals surface area contributed by atoms with Gasteiger partial charge in [-0.25, -0.2) is 0 Å². The smallest absolute Gasteiger partial charge is 0.308 e. The Bertz CT molecular complexity index is 809. The van der Waals surface area contributed by atoms with E-state index in [0.29, 0.717) is 27.6 Å². The molecule has 1 atom stereocenters. The molecule has 1 N–H and O–H groups in total. The SMILES string of the molecule is CCOC(=O)C[C@@H](NC(=O)c1ccc(OC)c(OC)c1)c1ccccc1Cl. The first kappa shape index (κ1) is 20.6. The first-order valence-corrected chi connectivity index (χ1v) is 8.80. The van der Waals surface area contributed by atoms with Gasteiger partial charge in [-0.1, -0.05) is 29.8 Å². The molecule has 27 heavy (non-hydrogen) atoms. The van der Waals surface area contributed by atoms with Gasteiger partial charge in [0.15, 0.2) is 11.5 Å². The van der Waals surface area contributed by atoms with Crippen molar-refractivity contribution < 1.29 is 23.8 Å². The van der Waals surface area contributed by atoms with Crippen LogP contribution in [0.1, 0.15) is 35.3 Å². The summed E-state index contributed by atoms with van der Waals surface area (Å²) in [5.74, 6) is 0.160. The van der Waals surface area contributed by atoms with E-state index in [1.54, 1.807) is 49.4 Å². The van der Waals surface area contributed by atoms with Crippen LogP contribution in [0.4, 0.5) is 0 Å². The molecule has 0 saturated heterocycles. The maximum absolute atomic E-state index is 12.7. The number of nitrogens with one attached hydrogen (secondary N) is 1. The molecular formula is C20H22ClNO5. The van der Waals surface area contributed by atoms with Gasteiger partial charge in [0.05, 0.1) is 33.3 Å². The lowest BCUT2D eigenvalue weighted by molar-refractivity contribution is -0.143. The maximum atomic E-state index is 12.7. The molecule has 2 aromatic rings. The van der Waals surface area contributed by atoms with Crippen LogP contribution in [0, 0.1) is 0 Å². The Labute approximate surface area is 163 Å². The number of carbonyl (C=O) groups is 2. The lowest BCUT2D eigenvalue weighted by atomic mass is 10.0. The van der Waals surface area contributed by atoms with E-state index in [0.717, 1.165) is 0 Å². The molecule has 0 unspecified atom stereocenters. The van der Waals surface area contributed by atoms with Crippen molar-refractivity contribution in [1.82, 2.24) is 5.32 Å². The molecule has 0 aromatic heterocycles. The summed E-state index contributed by atoms with van der Waals surface area (Å²) < 4.78 is 15.4. The number of amides is 1. The number of ether oxygens (including phenoxy) is 3. The van der Waals surface area contributed by atoms with Gasteiger partial charge >= 0.3 is 5.97 Å². The van der Waals surface area contributed by atoms with Crippen LogP contribution in [0.2, 0.25) is 5.02 Å². The lowest BCUT2D eigenvalue weighted by Gasteiger charge is -2.20. The lowest BCUT2D eigenvalue weighted by Crippen LogP contribution is -2.31. The molecule has 0 aliphatic heterocycles. The minimum atomic E-state index is -0.627. The summed E-state index contributed by atoms with van der Waals surface area (Å²) >= 11 is 6.26. The van der Waals surface area contributed by atoms with E-state index >= 15 is 0 Å². The summed E-state index contributed by atoms with van der Waals surface area (Å²) in [4.78, 5) is 24.7. The number of halogens is 1. The summed E-state index contributed by atoms with van der Waals surface area (Å²) in [6, 6.07) is 11.2. The Kier molecular flexibility index (Phi) is 7.49. The highest BCUT2D eigenvalue weighted by Gasteiger charge is 2.22. The Hall–Kier alpha value is -2.73. The van der Waals surface area contributed by atoms with Crippen LogP contribution in [-0.4, -0.2) is 32.7 Å². The van der Waals surface area contributed by atoms with E-state index in [1.165, 1.54) is 14.2 Å². The van der Waals surface area contributed by atoms with Gasteiger partial charge in [0.1, 0.15) is 0 Å². The van der Waals surface area contributed by atoms with Crippen molar-refractivity contribution in [2.45, 2.75) is 19.4 Å². The molecule has 144 valence electrons. The fraction of sp³-hybridized carbons (Fsp3) is 0.300. The zero-order valence-corrected chi connectivity index (χ0v) is 16.2. The Morgan fingerprint density at radius 3 is 2.41 bits per heavy atom. The molecule has 7 heteroatoms. The van der Waals surface area contributed by atoms with Gasteiger partial charge in [-0.05, 0) is 36.8 Å². The van der Waals surface area contributed by atoms with E-state index in [1.807, 2.05) is 0 Å². The van der Waals surface area contributed by atoms with Crippen LogP contribution in [0.15, 0.2) is 42.5 Å². The molecule has 2 aromatic carbocycles. The number of hydrogen-bond acceptors (Lipinski definition) is 5. The highest BCUT2D eigenvalue weighted by Crippen LogP contribution is 2.29. The fourth-order valence-corrected chi connectivity index (χ4v) is 2.87. The second-order valence-electron chi connectivity index (χ2n) is 5.63. The topological polar surface area (TPSA) is 73.9 Å². The third-order valence-electron chi connectivity index (χ3n) is 3.91. The average Bonchev–Trinajstić information content (AvgIpc) is 2.67. The molecular weight excluding hydrogens is 370 g/mol. The first-order chi connectivity index (χ1) is 13.0. The van der Waals surface area contributed by atoms with E-state index in [2.05, 4.69) is 5.32 Å². The van der Waals surface area contributed by atoms with Crippen LogP contribution in [0.5, 0.6) is 11.5 Å². The fourth-order valence-electron chi connectivity index (χ4n) is 2.60. The molecule has 0 radical (unpaired) electrons. The number of methoxy groups -OCH3 is 2. The van der Waals surface area contributed by atoms with Crippen LogP contribution in [0.25, 0.3) is 0 Å². The molecule has 2 rings (SSSR count). The van der Waals surface area contributed by atoms with E-state index in [4.69, 9.17) is 25.8 Å². The molecule has 0 bridgehead atoms. The van der Waals surface area contributed by atoms with Crippen molar-refractivity contribution in [2.75, 3.05) is 20.8 Å². The van der Waals surface area contributed by atoms with Crippen molar-refractivity contribution in [1.29, 1.82) is 0 Å². The summed E-state index contributed by atoms with van der Waals surface area (Å²) in [6.07, 6.45) is -0.0311. The van der Waals surface area contributed by atoms with E-state index in [-0.39, 0.29) is 18.9 Å². The standard InChI is InChI=1S/C20H22ClNO5/c1-4-27-19(23)12-16(14-7-5-6-8-15(14)21)22-20(24)13-9-10-17(25-2)18(11-13)26-3/h5-11,16H,4,12H2,1-3H3,(H,22,24)/t16-/m1/s1.